The standard InChI is InChI=1S/C12H22N2OS/c1-14-12(10-13)6-3-4-11(12)5-8-16-9-7-15-2/h11,14H,3-9H2,1-2H3. The molecule has 92 valence electrons. The molecule has 1 aliphatic carbocycles. The molecule has 0 aromatic rings. The number of rotatable bonds is 7. The van der Waals surface area contributed by atoms with E-state index in [1.165, 1.54) is 12.8 Å². The zero-order chi connectivity index (χ0) is 11.9. The van der Waals surface area contributed by atoms with Crippen molar-refractivity contribution in [3.05, 3.63) is 0 Å². The Morgan fingerprint density at radius 3 is 3.00 bits per heavy atom. The van der Waals surface area contributed by atoms with Gasteiger partial charge in [-0.25, -0.2) is 0 Å². The number of ether oxygens (including phenoxy) is 1. The summed E-state index contributed by atoms with van der Waals surface area (Å²) in [5.41, 5.74) is -0.248. The summed E-state index contributed by atoms with van der Waals surface area (Å²) in [7, 11) is 3.65. The Morgan fingerprint density at radius 1 is 1.56 bits per heavy atom. The minimum atomic E-state index is -0.248. The summed E-state index contributed by atoms with van der Waals surface area (Å²) in [6.07, 6.45) is 4.53. The third-order valence-corrected chi connectivity index (χ3v) is 4.49. The van der Waals surface area contributed by atoms with Crippen LogP contribution in [0.5, 0.6) is 0 Å². The van der Waals surface area contributed by atoms with Gasteiger partial charge in [0.15, 0.2) is 0 Å². The number of nitrogens with zero attached hydrogens (tertiary/aromatic N) is 1. The summed E-state index contributed by atoms with van der Waals surface area (Å²) in [6.45, 7) is 0.824. The van der Waals surface area contributed by atoms with Gasteiger partial charge in [-0.05, 0) is 38.0 Å². The lowest BCUT2D eigenvalue weighted by atomic mass is 9.87. The number of methoxy groups -OCH3 is 1. The summed E-state index contributed by atoms with van der Waals surface area (Å²) in [4.78, 5) is 0. The van der Waals surface area contributed by atoms with Gasteiger partial charge in [-0.1, -0.05) is 6.42 Å². The molecule has 0 saturated heterocycles. The van der Waals surface area contributed by atoms with Gasteiger partial charge < -0.3 is 10.1 Å². The molecule has 0 bridgehead atoms. The molecule has 1 rings (SSSR count). The first-order chi connectivity index (χ1) is 7.79. The average Bonchev–Trinajstić information content (AvgIpc) is 2.72. The minimum absolute atomic E-state index is 0.248. The second-order valence-corrected chi connectivity index (χ2v) is 5.54. The highest BCUT2D eigenvalue weighted by Gasteiger charge is 2.41. The second-order valence-electron chi connectivity index (χ2n) is 4.32. The van der Waals surface area contributed by atoms with Crippen LogP contribution in [0.3, 0.4) is 0 Å². The zero-order valence-corrected chi connectivity index (χ0v) is 11.1. The predicted molar refractivity (Wildman–Crippen MR) is 68.6 cm³/mol. The molecule has 1 N–H and O–H groups in total. The highest BCUT2D eigenvalue weighted by Crippen LogP contribution is 2.37. The first-order valence-electron chi connectivity index (χ1n) is 5.96. The number of hydrogen-bond donors (Lipinski definition) is 1. The molecule has 0 amide bonds. The van der Waals surface area contributed by atoms with Gasteiger partial charge in [0.1, 0.15) is 5.54 Å². The van der Waals surface area contributed by atoms with Crippen LogP contribution in [0.2, 0.25) is 0 Å². The highest BCUT2D eigenvalue weighted by atomic mass is 32.2. The van der Waals surface area contributed by atoms with Crippen LogP contribution in [-0.2, 0) is 4.74 Å². The van der Waals surface area contributed by atoms with Crippen molar-refractivity contribution in [1.82, 2.24) is 5.32 Å². The van der Waals surface area contributed by atoms with Gasteiger partial charge in [-0.2, -0.15) is 17.0 Å². The fourth-order valence-corrected chi connectivity index (χ4v) is 3.41. The first kappa shape index (κ1) is 13.8. The van der Waals surface area contributed by atoms with E-state index in [2.05, 4.69) is 11.4 Å². The monoisotopic (exact) mass is 242 g/mol. The summed E-state index contributed by atoms with van der Waals surface area (Å²) in [5.74, 6) is 2.72. The topological polar surface area (TPSA) is 45.0 Å². The van der Waals surface area contributed by atoms with Crippen molar-refractivity contribution in [2.75, 3.05) is 32.3 Å². The van der Waals surface area contributed by atoms with E-state index in [9.17, 15) is 5.26 Å². The predicted octanol–water partition coefficient (Wildman–Crippen LogP) is 2.04. The van der Waals surface area contributed by atoms with E-state index in [0.717, 1.165) is 31.0 Å². The molecule has 0 spiro atoms. The SMILES string of the molecule is CNC1(C#N)CCCC1CCSCCOC. The molecule has 0 aromatic carbocycles. The van der Waals surface area contributed by atoms with E-state index >= 15 is 0 Å². The van der Waals surface area contributed by atoms with Crippen LogP contribution < -0.4 is 5.32 Å². The van der Waals surface area contributed by atoms with Gasteiger partial charge in [-0.15, -0.1) is 0 Å². The molecule has 16 heavy (non-hydrogen) atoms. The second kappa shape index (κ2) is 7.16. The molecule has 0 heterocycles. The Kier molecular flexibility index (Phi) is 6.18. The summed E-state index contributed by atoms with van der Waals surface area (Å²) in [6, 6.07) is 2.48. The molecular weight excluding hydrogens is 220 g/mol. The Morgan fingerprint density at radius 2 is 2.38 bits per heavy atom. The summed E-state index contributed by atoms with van der Waals surface area (Å²) < 4.78 is 5.01. The number of nitrogens with one attached hydrogen (secondary N) is 1. The van der Waals surface area contributed by atoms with Crippen molar-refractivity contribution in [3.8, 4) is 6.07 Å². The lowest BCUT2D eigenvalue weighted by Gasteiger charge is -2.28. The molecule has 0 aliphatic heterocycles. The summed E-state index contributed by atoms with van der Waals surface area (Å²) >= 11 is 1.92. The average molecular weight is 242 g/mol. The van der Waals surface area contributed by atoms with Crippen molar-refractivity contribution in [2.45, 2.75) is 31.2 Å². The largest absolute Gasteiger partial charge is 0.384 e. The van der Waals surface area contributed by atoms with Crippen molar-refractivity contribution in [3.63, 3.8) is 0 Å². The highest BCUT2D eigenvalue weighted by molar-refractivity contribution is 7.99. The van der Waals surface area contributed by atoms with E-state index in [0.29, 0.717) is 5.92 Å². The van der Waals surface area contributed by atoms with Crippen LogP contribution in [0.25, 0.3) is 0 Å². The van der Waals surface area contributed by atoms with E-state index in [1.54, 1.807) is 7.11 Å². The minimum Gasteiger partial charge on any atom is -0.384 e. The maximum absolute atomic E-state index is 9.29. The maximum atomic E-state index is 9.29. The quantitative estimate of drug-likeness (QED) is 0.694. The molecule has 2 atom stereocenters. The Bertz CT molecular complexity index is 242. The van der Waals surface area contributed by atoms with Crippen LogP contribution in [0.4, 0.5) is 0 Å². The smallest absolute Gasteiger partial charge is 0.109 e. The van der Waals surface area contributed by atoms with Crippen LogP contribution in [-0.4, -0.2) is 37.8 Å². The van der Waals surface area contributed by atoms with Crippen molar-refractivity contribution >= 4 is 11.8 Å². The molecule has 1 fully saturated rings. The van der Waals surface area contributed by atoms with Gasteiger partial charge >= 0.3 is 0 Å². The van der Waals surface area contributed by atoms with Crippen molar-refractivity contribution in [1.29, 1.82) is 5.26 Å². The maximum Gasteiger partial charge on any atom is 0.109 e. The Balaban J connectivity index is 2.28. The van der Waals surface area contributed by atoms with E-state index in [1.807, 2.05) is 18.8 Å². The van der Waals surface area contributed by atoms with Crippen LogP contribution in [0, 0.1) is 17.2 Å². The van der Waals surface area contributed by atoms with Crippen LogP contribution in [0.1, 0.15) is 25.7 Å². The van der Waals surface area contributed by atoms with Gasteiger partial charge in [-0.3, -0.25) is 0 Å². The first-order valence-corrected chi connectivity index (χ1v) is 7.11. The lowest BCUT2D eigenvalue weighted by Crippen LogP contribution is -2.44. The molecule has 1 saturated carbocycles. The van der Waals surface area contributed by atoms with Gasteiger partial charge in [0.25, 0.3) is 0 Å². The van der Waals surface area contributed by atoms with E-state index in [-0.39, 0.29) is 5.54 Å². The fraction of sp³-hybridized carbons (Fsp3) is 0.917. The normalized spacial score (nSPS) is 29.2. The van der Waals surface area contributed by atoms with Crippen molar-refractivity contribution in [2.24, 2.45) is 5.92 Å². The molecule has 1 aliphatic rings. The van der Waals surface area contributed by atoms with E-state index in [4.69, 9.17) is 4.74 Å². The van der Waals surface area contributed by atoms with Crippen LogP contribution in [0.15, 0.2) is 0 Å². The van der Waals surface area contributed by atoms with Crippen molar-refractivity contribution < 1.29 is 4.74 Å². The number of nitriles is 1. The third kappa shape index (κ3) is 3.38. The Labute approximate surface area is 103 Å². The number of hydrogen-bond acceptors (Lipinski definition) is 4. The lowest BCUT2D eigenvalue weighted by molar-refractivity contribution is 0.218. The van der Waals surface area contributed by atoms with Crippen LogP contribution >= 0.6 is 11.8 Å². The molecule has 3 nitrogen and oxygen atoms in total. The molecular formula is C12H22N2OS. The number of thioether (sulfide) groups is 1. The molecule has 0 radical (unpaired) electrons. The van der Waals surface area contributed by atoms with Gasteiger partial charge in [0, 0.05) is 12.9 Å². The Hall–Kier alpha value is -0.240. The fourth-order valence-electron chi connectivity index (χ4n) is 2.47. The molecule has 0 aromatic heterocycles. The summed E-state index contributed by atoms with van der Waals surface area (Å²) in [5, 5.41) is 12.5. The molecule has 2 unspecified atom stereocenters. The van der Waals surface area contributed by atoms with Gasteiger partial charge in [0.2, 0.25) is 0 Å². The third-order valence-electron chi connectivity index (χ3n) is 3.51. The van der Waals surface area contributed by atoms with E-state index < -0.39 is 0 Å². The molecule has 4 heteroatoms. The zero-order valence-electron chi connectivity index (χ0n) is 10.3. The van der Waals surface area contributed by atoms with Gasteiger partial charge in [0.05, 0.1) is 12.7 Å².